The summed E-state index contributed by atoms with van der Waals surface area (Å²) < 4.78 is 13.2. The number of hydrogen-bond acceptors (Lipinski definition) is 2. The number of nitrogens with two attached hydrogens (primary N) is 1. The summed E-state index contributed by atoms with van der Waals surface area (Å²) in [4.78, 5) is 13.8. The van der Waals surface area contributed by atoms with Crippen LogP contribution in [0.1, 0.15) is 5.56 Å². The van der Waals surface area contributed by atoms with Crippen molar-refractivity contribution in [1.82, 2.24) is 4.98 Å². The van der Waals surface area contributed by atoms with Gasteiger partial charge in [-0.1, -0.05) is 12.1 Å². The number of aromatic amines is 1. The summed E-state index contributed by atoms with van der Waals surface area (Å²) in [6.45, 7) is 0.155. The van der Waals surface area contributed by atoms with Crippen molar-refractivity contribution in [2.45, 2.75) is 6.54 Å². The van der Waals surface area contributed by atoms with E-state index >= 15 is 0 Å². The number of rotatable bonds is 1. The number of nitrogens with one attached hydrogen (secondary N) is 1. The molecule has 0 spiro atoms. The van der Waals surface area contributed by atoms with Crippen molar-refractivity contribution in [2.24, 2.45) is 5.73 Å². The molecule has 4 heteroatoms. The van der Waals surface area contributed by atoms with Crippen LogP contribution in [0, 0.1) is 5.82 Å². The monoisotopic (exact) mass is 192 g/mol. The molecule has 0 saturated heterocycles. The van der Waals surface area contributed by atoms with Gasteiger partial charge in [0.2, 0.25) is 0 Å². The molecule has 3 N–H and O–H groups in total. The second-order valence-corrected chi connectivity index (χ2v) is 3.03. The molecular formula is C10H9FN2O. The molecule has 0 bridgehead atoms. The minimum atomic E-state index is -0.428. The molecule has 0 unspecified atom stereocenters. The van der Waals surface area contributed by atoms with Gasteiger partial charge in [-0.25, -0.2) is 4.39 Å². The lowest BCUT2D eigenvalue weighted by Gasteiger charge is -2.01. The number of pyridine rings is 1. The molecule has 72 valence electrons. The first kappa shape index (κ1) is 8.90. The highest BCUT2D eigenvalue weighted by atomic mass is 19.1. The zero-order valence-corrected chi connectivity index (χ0v) is 7.38. The zero-order valence-electron chi connectivity index (χ0n) is 7.38. The first-order valence-corrected chi connectivity index (χ1v) is 4.23. The largest absolute Gasteiger partial charge is 0.326 e. The number of benzene rings is 1. The van der Waals surface area contributed by atoms with Gasteiger partial charge in [-0.3, -0.25) is 4.79 Å². The first-order valence-electron chi connectivity index (χ1n) is 4.23. The van der Waals surface area contributed by atoms with Crippen LogP contribution in [0.5, 0.6) is 0 Å². The SMILES string of the molecule is NCc1cc2cccc(F)c2[nH]c1=O. The maximum absolute atomic E-state index is 13.2. The lowest BCUT2D eigenvalue weighted by molar-refractivity contribution is 0.636. The average molecular weight is 192 g/mol. The third-order valence-electron chi connectivity index (χ3n) is 2.13. The number of halogens is 1. The van der Waals surface area contributed by atoms with Crippen molar-refractivity contribution < 1.29 is 4.39 Å². The van der Waals surface area contributed by atoms with Crippen LogP contribution in [0.4, 0.5) is 4.39 Å². The molecule has 1 aromatic carbocycles. The number of aromatic nitrogens is 1. The molecule has 3 nitrogen and oxygen atoms in total. The molecule has 1 aromatic heterocycles. The molecule has 2 aromatic rings. The van der Waals surface area contributed by atoms with E-state index < -0.39 is 5.82 Å². The third kappa shape index (κ3) is 1.29. The van der Waals surface area contributed by atoms with E-state index in [-0.39, 0.29) is 17.6 Å². The standard InChI is InChI=1S/C10H9FN2O/c11-8-3-1-2-6-4-7(5-12)10(14)13-9(6)8/h1-4H,5,12H2,(H,13,14). The number of para-hydroxylation sites is 1. The van der Waals surface area contributed by atoms with Crippen LogP contribution in [-0.4, -0.2) is 4.98 Å². The molecule has 0 saturated carbocycles. The molecule has 0 atom stereocenters. The number of fused-ring (bicyclic) bond motifs is 1. The minimum Gasteiger partial charge on any atom is -0.326 e. The highest BCUT2D eigenvalue weighted by molar-refractivity contribution is 5.79. The fraction of sp³-hybridized carbons (Fsp3) is 0.100. The van der Waals surface area contributed by atoms with E-state index in [1.54, 1.807) is 18.2 Å². The smallest absolute Gasteiger partial charge is 0.253 e. The van der Waals surface area contributed by atoms with Crippen molar-refractivity contribution >= 4 is 10.9 Å². The molecule has 1 heterocycles. The zero-order chi connectivity index (χ0) is 10.1. The Hall–Kier alpha value is -1.68. The maximum atomic E-state index is 13.2. The molecule has 0 radical (unpaired) electrons. The topological polar surface area (TPSA) is 58.9 Å². The Kier molecular flexibility index (Phi) is 2.05. The molecular weight excluding hydrogens is 183 g/mol. The van der Waals surface area contributed by atoms with Crippen LogP contribution in [-0.2, 0) is 6.54 Å². The van der Waals surface area contributed by atoms with Crippen LogP contribution >= 0.6 is 0 Å². The summed E-state index contributed by atoms with van der Waals surface area (Å²) in [7, 11) is 0. The Morgan fingerprint density at radius 1 is 1.43 bits per heavy atom. The summed E-state index contributed by atoms with van der Waals surface area (Å²) in [6, 6.07) is 6.24. The van der Waals surface area contributed by atoms with Crippen LogP contribution in [0.25, 0.3) is 10.9 Å². The van der Waals surface area contributed by atoms with Crippen LogP contribution in [0.3, 0.4) is 0 Å². The van der Waals surface area contributed by atoms with Gasteiger partial charge in [0.15, 0.2) is 0 Å². The Labute approximate surface area is 79.4 Å². The van der Waals surface area contributed by atoms with E-state index in [9.17, 15) is 9.18 Å². The van der Waals surface area contributed by atoms with Crippen LogP contribution in [0.2, 0.25) is 0 Å². The number of H-pyrrole nitrogens is 1. The summed E-state index contributed by atoms with van der Waals surface area (Å²) >= 11 is 0. The third-order valence-corrected chi connectivity index (χ3v) is 2.13. The van der Waals surface area contributed by atoms with Gasteiger partial charge in [0, 0.05) is 17.5 Å². The molecule has 0 aliphatic carbocycles. The Morgan fingerprint density at radius 3 is 2.93 bits per heavy atom. The molecule has 14 heavy (non-hydrogen) atoms. The first-order chi connectivity index (χ1) is 6.72. The fourth-order valence-corrected chi connectivity index (χ4v) is 1.39. The lowest BCUT2D eigenvalue weighted by Crippen LogP contribution is -2.15. The van der Waals surface area contributed by atoms with Gasteiger partial charge in [-0.2, -0.15) is 0 Å². The Morgan fingerprint density at radius 2 is 2.21 bits per heavy atom. The summed E-state index contributed by atoms with van der Waals surface area (Å²) in [5, 5.41) is 0.657. The summed E-state index contributed by atoms with van der Waals surface area (Å²) in [5.74, 6) is -0.428. The molecule has 0 aliphatic heterocycles. The normalized spacial score (nSPS) is 10.7. The number of hydrogen-bond donors (Lipinski definition) is 2. The average Bonchev–Trinajstić information content (AvgIpc) is 2.19. The second kappa shape index (κ2) is 3.23. The molecule has 0 fully saturated rings. The van der Waals surface area contributed by atoms with Crippen LogP contribution < -0.4 is 11.3 Å². The second-order valence-electron chi connectivity index (χ2n) is 3.03. The highest BCUT2D eigenvalue weighted by Gasteiger charge is 2.04. The van der Waals surface area contributed by atoms with E-state index in [4.69, 9.17) is 5.73 Å². The maximum Gasteiger partial charge on any atom is 0.253 e. The van der Waals surface area contributed by atoms with Crippen molar-refractivity contribution in [3.8, 4) is 0 Å². The van der Waals surface area contributed by atoms with Crippen molar-refractivity contribution in [1.29, 1.82) is 0 Å². The van der Waals surface area contributed by atoms with Gasteiger partial charge >= 0.3 is 0 Å². The van der Waals surface area contributed by atoms with Gasteiger partial charge in [0.1, 0.15) is 5.82 Å². The Bertz CT molecular complexity index is 533. The molecule has 2 rings (SSSR count). The Balaban J connectivity index is 2.86. The van der Waals surface area contributed by atoms with Crippen molar-refractivity contribution in [3.05, 3.63) is 46.0 Å². The quantitative estimate of drug-likeness (QED) is 0.711. The van der Waals surface area contributed by atoms with Gasteiger partial charge in [-0.05, 0) is 12.1 Å². The fourth-order valence-electron chi connectivity index (χ4n) is 1.39. The molecule has 0 aliphatic rings. The predicted octanol–water partition coefficient (Wildman–Crippen LogP) is 1.13. The van der Waals surface area contributed by atoms with Crippen molar-refractivity contribution in [3.63, 3.8) is 0 Å². The molecule has 0 amide bonds. The lowest BCUT2D eigenvalue weighted by atomic mass is 10.1. The highest BCUT2D eigenvalue weighted by Crippen LogP contribution is 2.13. The van der Waals surface area contributed by atoms with Gasteiger partial charge in [0.05, 0.1) is 5.52 Å². The van der Waals surface area contributed by atoms with E-state index in [1.165, 1.54) is 6.07 Å². The van der Waals surface area contributed by atoms with Gasteiger partial charge < -0.3 is 10.7 Å². The summed E-state index contributed by atoms with van der Waals surface area (Å²) in [5.41, 5.74) is 5.73. The van der Waals surface area contributed by atoms with Crippen molar-refractivity contribution in [2.75, 3.05) is 0 Å². The van der Waals surface area contributed by atoms with E-state index in [2.05, 4.69) is 4.98 Å². The predicted molar refractivity (Wildman–Crippen MR) is 52.4 cm³/mol. The van der Waals surface area contributed by atoms with E-state index in [1.807, 2.05) is 0 Å². The van der Waals surface area contributed by atoms with Crippen LogP contribution in [0.15, 0.2) is 29.1 Å². The van der Waals surface area contributed by atoms with E-state index in [0.717, 1.165) is 0 Å². The van der Waals surface area contributed by atoms with Gasteiger partial charge in [0.25, 0.3) is 5.56 Å². The van der Waals surface area contributed by atoms with E-state index in [0.29, 0.717) is 10.9 Å². The minimum absolute atomic E-state index is 0.155. The van der Waals surface area contributed by atoms with Gasteiger partial charge in [-0.15, -0.1) is 0 Å². The summed E-state index contributed by atoms with van der Waals surface area (Å²) in [6.07, 6.45) is 0.